The summed E-state index contributed by atoms with van der Waals surface area (Å²) in [5.41, 5.74) is -2.57. The van der Waals surface area contributed by atoms with Crippen molar-refractivity contribution in [1.82, 2.24) is 24.9 Å². The molecular weight excluding hydrogens is 452 g/mol. The lowest BCUT2D eigenvalue weighted by Crippen LogP contribution is -2.23. The minimum Gasteiger partial charge on any atom is -0.346 e. The number of pyridine rings is 2. The van der Waals surface area contributed by atoms with Gasteiger partial charge in [-0.25, -0.2) is 0 Å². The van der Waals surface area contributed by atoms with E-state index in [1.807, 2.05) is 0 Å². The Morgan fingerprint density at radius 2 is 1.61 bits per heavy atom. The van der Waals surface area contributed by atoms with Gasteiger partial charge in [-0.2, -0.15) is 26.3 Å². The molecule has 3 heterocycles. The second kappa shape index (κ2) is 8.19. The Bertz CT molecular complexity index is 1280. The van der Waals surface area contributed by atoms with Crippen LogP contribution >= 0.6 is 0 Å². The van der Waals surface area contributed by atoms with Gasteiger partial charge in [-0.1, -0.05) is 6.07 Å². The zero-order valence-electron chi connectivity index (χ0n) is 16.4. The maximum absolute atomic E-state index is 13.2. The molecule has 1 N–H and O–H groups in total. The molecule has 6 nitrogen and oxygen atoms in total. The van der Waals surface area contributed by atoms with Crippen LogP contribution < -0.4 is 5.32 Å². The predicted octanol–water partition coefficient (Wildman–Crippen LogP) is 4.76. The molecule has 0 aliphatic rings. The maximum atomic E-state index is 13.2. The number of halogens is 6. The van der Waals surface area contributed by atoms with Gasteiger partial charge in [0.1, 0.15) is 0 Å². The van der Waals surface area contributed by atoms with E-state index >= 15 is 0 Å². The first-order chi connectivity index (χ1) is 15.5. The number of nitrogens with zero attached hydrogens (tertiary/aromatic N) is 4. The van der Waals surface area contributed by atoms with Crippen molar-refractivity contribution in [2.24, 2.45) is 0 Å². The molecule has 4 rings (SSSR count). The van der Waals surface area contributed by atoms with Gasteiger partial charge in [-0.05, 0) is 42.5 Å². The van der Waals surface area contributed by atoms with Gasteiger partial charge >= 0.3 is 12.4 Å². The van der Waals surface area contributed by atoms with Crippen LogP contribution in [0.4, 0.5) is 26.3 Å². The number of hydrogen-bond acceptors (Lipinski definition) is 4. The molecule has 0 spiro atoms. The van der Waals surface area contributed by atoms with Gasteiger partial charge < -0.3 is 5.32 Å². The molecule has 33 heavy (non-hydrogen) atoms. The van der Waals surface area contributed by atoms with E-state index in [0.717, 1.165) is 4.40 Å². The van der Waals surface area contributed by atoms with Gasteiger partial charge in [0.25, 0.3) is 5.91 Å². The molecule has 0 fully saturated rings. The third-order valence-corrected chi connectivity index (χ3v) is 4.67. The number of nitrogens with one attached hydrogen (secondary N) is 1. The summed E-state index contributed by atoms with van der Waals surface area (Å²) in [5, 5.41) is 10.2. The first-order valence-electron chi connectivity index (χ1n) is 9.35. The average Bonchev–Trinajstić information content (AvgIpc) is 3.20. The van der Waals surface area contributed by atoms with Gasteiger partial charge in [0, 0.05) is 18.0 Å². The lowest BCUT2D eigenvalue weighted by molar-refractivity contribution is -0.143. The van der Waals surface area contributed by atoms with E-state index in [-0.39, 0.29) is 29.6 Å². The molecule has 170 valence electrons. The molecule has 1 amide bonds. The molecule has 0 bridgehead atoms. The minimum absolute atomic E-state index is 0.0310. The van der Waals surface area contributed by atoms with E-state index < -0.39 is 35.0 Å². The van der Waals surface area contributed by atoms with Crippen LogP contribution in [-0.2, 0) is 18.9 Å². The van der Waals surface area contributed by atoms with Gasteiger partial charge in [-0.3, -0.25) is 14.2 Å². The zero-order chi connectivity index (χ0) is 23.8. The molecule has 3 aromatic heterocycles. The molecule has 4 aromatic rings. The number of fused-ring (bicyclic) bond motifs is 1. The van der Waals surface area contributed by atoms with Crippen molar-refractivity contribution < 1.29 is 31.1 Å². The largest absolute Gasteiger partial charge is 0.416 e. The van der Waals surface area contributed by atoms with Crippen LogP contribution in [0.25, 0.3) is 17.0 Å². The lowest BCUT2D eigenvalue weighted by atomic mass is 10.0. The predicted molar refractivity (Wildman–Crippen MR) is 104 cm³/mol. The highest BCUT2D eigenvalue weighted by molar-refractivity contribution is 5.94. The third kappa shape index (κ3) is 4.78. The third-order valence-electron chi connectivity index (χ3n) is 4.67. The van der Waals surface area contributed by atoms with Crippen LogP contribution in [0.1, 0.15) is 27.2 Å². The highest BCUT2D eigenvalue weighted by Crippen LogP contribution is 2.38. The number of alkyl halides is 6. The van der Waals surface area contributed by atoms with E-state index in [1.165, 1.54) is 18.3 Å². The number of rotatable bonds is 4. The second-order valence-corrected chi connectivity index (χ2v) is 6.97. The lowest BCUT2D eigenvalue weighted by Gasteiger charge is -2.13. The van der Waals surface area contributed by atoms with Crippen LogP contribution in [0.3, 0.4) is 0 Å². The molecule has 1 aromatic carbocycles. The normalized spacial score (nSPS) is 12.2. The summed E-state index contributed by atoms with van der Waals surface area (Å²) in [7, 11) is 0. The Kier molecular flexibility index (Phi) is 5.52. The summed E-state index contributed by atoms with van der Waals surface area (Å²) in [5.74, 6) is -0.803. The highest BCUT2D eigenvalue weighted by atomic mass is 19.4. The molecule has 0 saturated carbocycles. The smallest absolute Gasteiger partial charge is 0.346 e. The van der Waals surface area contributed by atoms with Crippen molar-refractivity contribution in [3.63, 3.8) is 0 Å². The fourth-order valence-electron chi connectivity index (χ4n) is 3.08. The van der Waals surface area contributed by atoms with Crippen molar-refractivity contribution in [2.45, 2.75) is 18.9 Å². The standard InChI is InChI=1S/C21H13F6N5O/c22-20(23,24)14-7-13(8-15(9-14)21(25,26)27)18-31-30-17-5-4-12(11-32(17)18)19(33)29-10-16-3-1-2-6-28-16/h1-9,11H,10H2,(H,29,33). The molecule has 0 atom stereocenters. The van der Waals surface area contributed by atoms with Gasteiger partial charge in [0.2, 0.25) is 0 Å². The monoisotopic (exact) mass is 465 g/mol. The van der Waals surface area contributed by atoms with Crippen LogP contribution in [0.5, 0.6) is 0 Å². The van der Waals surface area contributed by atoms with Crippen LogP contribution in [0.2, 0.25) is 0 Å². The topological polar surface area (TPSA) is 72.2 Å². The summed E-state index contributed by atoms with van der Waals surface area (Å²) >= 11 is 0. The van der Waals surface area contributed by atoms with Crippen molar-refractivity contribution in [3.05, 3.63) is 83.3 Å². The van der Waals surface area contributed by atoms with E-state index in [1.54, 1.807) is 24.4 Å². The number of amides is 1. The molecule has 0 saturated heterocycles. The number of benzene rings is 1. The van der Waals surface area contributed by atoms with Gasteiger partial charge in [0.15, 0.2) is 11.5 Å². The first-order valence-corrected chi connectivity index (χ1v) is 9.35. The molecule has 0 unspecified atom stereocenters. The summed E-state index contributed by atoms with van der Waals surface area (Å²) < 4.78 is 80.5. The summed E-state index contributed by atoms with van der Waals surface area (Å²) in [4.78, 5) is 16.6. The van der Waals surface area contributed by atoms with Crippen LogP contribution in [0.15, 0.2) is 60.9 Å². The number of carbonyl (C=O) groups excluding carboxylic acids is 1. The van der Waals surface area contributed by atoms with Crippen LogP contribution in [-0.4, -0.2) is 25.5 Å². The molecule has 0 aliphatic carbocycles. The van der Waals surface area contributed by atoms with E-state index in [9.17, 15) is 31.1 Å². The maximum Gasteiger partial charge on any atom is 0.416 e. The van der Waals surface area contributed by atoms with E-state index in [4.69, 9.17) is 0 Å². The Hall–Kier alpha value is -3.96. The highest BCUT2D eigenvalue weighted by Gasteiger charge is 2.37. The van der Waals surface area contributed by atoms with Crippen LogP contribution in [0, 0.1) is 0 Å². The minimum atomic E-state index is -5.01. The van der Waals surface area contributed by atoms with Crippen molar-refractivity contribution >= 4 is 11.6 Å². The summed E-state index contributed by atoms with van der Waals surface area (Å²) in [6.07, 6.45) is -7.22. The van der Waals surface area contributed by atoms with Gasteiger partial charge in [-0.15, -0.1) is 10.2 Å². The Morgan fingerprint density at radius 1 is 0.909 bits per heavy atom. The number of aromatic nitrogens is 4. The summed E-state index contributed by atoms with van der Waals surface area (Å²) in [6, 6.07) is 9.09. The molecule has 0 aliphatic heterocycles. The first kappa shape index (κ1) is 22.2. The fraction of sp³-hybridized carbons (Fsp3) is 0.143. The fourth-order valence-corrected chi connectivity index (χ4v) is 3.08. The molecular formula is C21H13F6N5O. The number of carbonyl (C=O) groups is 1. The van der Waals surface area contributed by atoms with E-state index in [0.29, 0.717) is 17.8 Å². The Labute approximate surface area is 181 Å². The van der Waals surface area contributed by atoms with Crippen molar-refractivity contribution in [1.29, 1.82) is 0 Å². The Morgan fingerprint density at radius 3 is 2.21 bits per heavy atom. The zero-order valence-corrected chi connectivity index (χ0v) is 16.4. The molecule has 0 radical (unpaired) electrons. The van der Waals surface area contributed by atoms with E-state index in [2.05, 4.69) is 20.5 Å². The molecule has 12 heteroatoms. The Balaban J connectivity index is 1.72. The van der Waals surface area contributed by atoms with Gasteiger partial charge in [0.05, 0.1) is 28.9 Å². The number of hydrogen-bond donors (Lipinski definition) is 1. The second-order valence-electron chi connectivity index (χ2n) is 6.97. The summed E-state index contributed by atoms with van der Waals surface area (Å²) in [6.45, 7) is 0.120. The van der Waals surface area contributed by atoms with Crippen molar-refractivity contribution in [3.8, 4) is 11.4 Å². The SMILES string of the molecule is O=C(NCc1ccccn1)c1ccc2nnc(-c3cc(C(F)(F)F)cc(C(F)(F)F)c3)n2c1. The average molecular weight is 465 g/mol. The quantitative estimate of drug-likeness (QED) is 0.442. The van der Waals surface area contributed by atoms with Crippen molar-refractivity contribution in [2.75, 3.05) is 0 Å².